The smallest absolute Gasteiger partial charge is 0.271 e. The number of nitrogens with one attached hydrogen (secondary N) is 1. The van der Waals surface area contributed by atoms with E-state index in [0.717, 1.165) is 16.3 Å². The zero-order valence-corrected chi connectivity index (χ0v) is 11.7. The molecule has 0 radical (unpaired) electrons. The van der Waals surface area contributed by atoms with Crippen LogP contribution in [0.5, 0.6) is 5.75 Å². The third-order valence-electron chi connectivity index (χ3n) is 3.15. The Morgan fingerprint density at radius 1 is 1.50 bits per heavy atom. The van der Waals surface area contributed by atoms with Crippen LogP contribution in [0.3, 0.4) is 0 Å². The van der Waals surface area contributed by atoms with Crippen molar-refractivity contribution in [2.45, 2.75) is 12.5 Å². The number of hydrogen-bond donors (Lipinski definition) is 2. The number of amides is 1. The van der Waals surface area contributed by atoms with Gasteiger partial charge in [-0.2, -0.15) is 0 Å². The van der Waals surface area contributed by atoms with Gasteiger partial charge in [-0.3, -0.25) is 4.79 Å². The first kappa shape index (κ1) is 13.1. The lowest BCUT2D eigenvalue weighted by Crippen LogP contribution is -2.29. The number of ether oxygens (including phenoxy) is 1. The van der Waals surface area contributed by atoms with E-state index in [1.807, 2.05) is 24.3 Å². The molecule has 1 amide bonds. The number of para-hydroxylation sites is 1. The number of hydrogen-bond acceptors (Lipinski definition) is 5. The Labute approximate surface area is 120 Å². The average molecular weight is 289 g/mol. The third kappa shape index (κ3) is 2.52. The van der Waals surface area contributed by atoms with Crippen molar-refractivity contribution in [1.82, 2.24) is 10.3 Å². The predicted octanol–water partition coefficient (Wildman–Crippen LogP) is 1.51. The highest BCUT2D eigenvalue weighted by Crippen LogP contribution is 2.31. The van der Waals surface area contributed by atoms with Crippen molar-refractivity contribution in [2.24, 2.45) is 5.73 Å². The number of nitrogens with zero attached hydrogens (tertiary/aromatic N) is 1. The van der Waals surface area contributed by atoms with Crippen molar-refractivity contribution in [2.75, 3.05) is 13.2 Å². The Hall–Kier alpha value is -1.92. The number of carbonyl (C=O) groups excluding carboxylic acids is 1. The maximum absolute atomic E-state index is 12.2. The monoisotopic (exact) mass is 289 g/mol. The summed E-state index contributed by atoms with van der Waals surface area (Å²) in [6.07, 6.45) is 0.702. The minimum Gasteiger partial charge on any atom is -0.491 e. The molecule has 0 aliphatic carbocycles. The molecule has 0 spiro atoms. The normalized spacial score (nSPS) is 16.6. The Balaban J connectivity index is 1.70. The molecule has 1 atom stereocenters. The van der Waals surface area contributed by atoms with Crippen LogP contribution in [0.25, 0.3) is 0 Å². The standard InChI is InChI=1S/C14H15N3O2S/c15-6-5-13-16-11(8-20-13)14(18)17-10-7-19-12-4-2-1-3-9(10)12/h1-4,8,10H,5-7,15H2,(H,17,18). The lowest BCUT2D eigenvalue weighted by Gasteiger charge is -2.10. The Kier molecular flexibility index (Phi) is 3.66. The van der Waals surface area contributed by atoms with E-state index in [1.54, 1.807) is 5.38 Å². The molecule has 104 valence electrons. The van der Waals surface area contributed by atoms with Gasteiger partial charge in [0, 0.05) is 17.4 Å². The van der Waals surface area contributed by atoms with Crippen molar-refractivity contribution < 1.29 is 9.53 Å². The van der Waals surface area contributed by atoms with E-state index >= 15 is 0 Å². The van der Waals surface area contributed by atoms with Gasteiger partial charge in [0.25, 0.3) is 5.91 Å². The largest absolute Gasteiger partial charge is 0.491 e. The molecule has 1 aromatic carbocycles. The summed E-state index contributed by atoms with van der Waals surface area (Å²) in [5.41, 5.74) is 6.94. The second kappa shape index (κ2) is 5.60. The molecular weight excluding hydrogens is 274 g/mol. The van der Waals surface area contributed by atoms with Gasteiger partial charge in [-0.15, -0.1) is 11.3 Å². The van der Waals surface area contributed by atoms with Crippen LogP contribution in [0.1, 0.15) is 27.1 Å². The molecular formula is C14H15N3O2S. The first-order chi connectivity index (χ1) is 9.78. The summed E-state index contributed by atoms with van der Waals surface area (Å²) in [4.78, 5) is 16.5. The van der Waals surface area contributed by atoms with E-state index in [0.29, 0.717) is 25.3 Å². The molecule has 0 saturated carbocycles. The molecule has 1 aliphatic rings. The molecule has 1 unspecified atom stereocenters. The number of fused-ring (bicyclic) bond motifs is 1. The summed E-state index contributed by atoms with van der Waals surface area (Å²) >= 11 is 1.46. The maximum Gasteiger partial charge on any atom is 0.271 e. The number of aromatic nitrogens is 1. The number of carbonyl (C=O) groups is 1. The summed E-state index contributed by atoms with van der Waals surface area (Å²) in [5.74, 6) is 0.662. The molecule has 1 aromatic heterocycles. The lowest BCUT2D eigenvalue weighted by molar-refractivity contribution is 0.0926. The van der Waals surface area contributed by atoms with Crippen LogP contribution in [-0.2, 0) is 6.42 Å². The number of rotatable bonds is 4. The van der Waals surface area contributed by atoms with Crippen LogP contribution in [0.15, 0.2) is 29.6 Å². The fourth-order valence-corrected chi connectivity index (χ4v) is 2.96. The molecule has 3 rings (SSSR count). The highest BCUT2D eigenvalue weighted by atomic mass is 32.1. The van der Waals surface area contributed by atoms with Crippen molar-refractivity contribution in [1.29, 1.82) is 0 Å². The summed E-state index contributed by atoms with van der Waals surface area (Å²) in [6.45, 7) is 1.00. The van der Waals surface area contributed by atoms with Gasteiger partial charge in [0.05, 0.1) is 11.0 Å². The van der Waals surface area contributed by atoms with Gasteiger partial charge in [-0.05, 0) is 12.6 Å². The number of nitrogens with two attached hydrogens (primary N) is 1. The Morgan fingerprint density at radius 2 is 2.35 bits per heavy atom. The molecule has 3 N–H and O–H groups in total. The second-order valence-corrected chi connectivity index (χ2v) is 5.48. The molecule has 6 heteroatoms. The quantitative estimate of drug-likeness (QED) is 0.894. The molecule has 20 heavy (non-hydrogen) atoms. The van der Waals surface area contributed by atoms with Crippen molar-refractivity contribution in [3.8, 4) is 5.75 Å². The zero-order valence-electron chi connectivity index (χ0n) is 10.8. The molecule has 0 fully saturated rings. The molecule has 2 aromatic rings. The van der Waals surface area contributed by atoms with Gasteiger partial charge in [0.1, 0.15) is 18.1 Å². The third-order valence-corrected chi connectivity index (χ3v) is 4.06. The van der Waals surface area contributed by atoms with Crippen LogP contribution in [-0.4, -0.2) is 24.0 Å². The molecule has 0 bridgehead atoms. The van der Waals surface area contributed by atoms with Crippen LogP contribution in [0.2, 0.25) is 0 Å². The van der Waals surface area contributed by atoms with Crippen LogP contribution in [0.4, 0.5) is 0 Å². The van der Waals surface area contributed by atoms with Crippen LogP contribution in [0, 0.1) is 0 Å². The van der Waals surface area contributed by atoms with E-state index < -0.39 is 0 Å². The topological polar surface area (TPSA) is 77.2 Å². The maximum atomic E-state index is 12.2. The van der Waals surface area contributed by atoms with Gasteiger partial charge in [-0.1, -0.05) is 18.2 Å². The Bertz CT molecular complexity index is 626. The molecule has 0 saturated heterocycles. The molecule has 5 nitrogen and oxygen atoms in total. The number of thiazole rings is 1. The Morgan fingerprint density at radius 3 is 3.20 bits per heavy atom. The lowest BCUT2D eigenvalue weighted by atomic mass is 10.1. The van der Waals surface area contributed by atoms with Gasteiger partial charge in [-0.25, -0.2) is 4.98 Å². The number of benzene rings is 1. The van der Waals surface area contributed by atoms with E-state index in [-0.39, 0.29) is 11.9 Å². The van der Waals surface area contributed by atoms with Crippen molar-refractivity contribution >= 4 is 17.2 Å². The fraction of sp³-hybridized carbons (Fsp3) is 0.286. The van der Waals surface area contributed by atoms with Crippen LogP contribution >= 0.6 is 11.3 Å². The predicted molar refractivity (Wildman–Crippen MR) is 77.0 cm³/mol. The summed E-state index contributed by atoms with van der Waals surface area (Å²) < 4.78 is 5.54. The van der Waals surface area contributed by atoms with Crippen molar-refractivity contribution in [3.63, 3.8) is 0 Å². The summed E-state index contributed by atoms with van der Waals surface area (Å²) in [6, 6.07) is 7.62. The molecule has 2 heterocycles. The SMILES string of the molecule is NCCc1nc(C(=O)NC2COc3ccccc32)cs1. The van der Waals surface area contributed by atoms with E-state index in [2.05, 4.69) is 10.3 Å². The molecule has 1 aliphatic heterocycles. The summed E-state index contributed by atoms with van der Waals surface area (Å²) in [7, 11) is 0. The van der Waals surface area contributed by atoms with Gasteiger partial charge >= 0.3 is 0 Å². The van der Waals surface area contributed by atoms with E-state index in [9.17, 15) is 4.79 Å². The van der Waals surface area contributed by atoms with Gasteiger partial charge < -0.3 is 15.8 Å². The zero-order chi connectivity index (χ0) is 13.9. The highest BCUT2D eigenvalue weighted by Gasteiger charge is 2.26. The average Bonchev–Trinajstić information content (AvgIpc) is 3.07. The van der Waals surface area contributed by atoms with E-state index in [1.165, 1.54) is 11.3 Å². The fourth-order valence-electron chi connectivity index (χ4n) is 2.17. The van der Waals surface area contributed by atoms with E-state index in [4.69, 9.17) is 10.5 Å². The minimum atomic E-state index is -0.171. The first-order valence-electron chi connectivity index (χ1n) is 6.45. The second-order valence-electron chi connectivity index (χ2n) is 4.54. The first-order valence-corrected chi connectivity index (χ1v) is 7.33. The summed E-state index contributed by atoms with van der Waals surface area (Å²) in [5, 5.41) is 5.61. The van der Waals surface area contributed by atoms with Gasteiger partial charge in [0.15, 0.2) is 0 Å². The van der Waals surface area contributed by atoms with Crippen LogP contribution < -0.4 is 15.8 Å². The highest BCUT2D eigenvalue weighted by molar-refractivity contribution is 7.09. The van der Waals surface area contributed by atoms with Crippen molar-refractivity contribution in [3.05, 3.63) is 45.9 Å². The van der Waals surface area contributed by atoms with Gasteiger partial charge in [0.2, 0.25) is 0 Å². The minimum absolute atomic E-state index is 0.113.